The summed E-state index contributed by atoms with van der Waals surface area (Å²) in [5.41, 5.74) is 0. The molecule has 0 saturated carbocycles. The second-order valence-electron chi connectivity index (χ2n) is 5.14. The fourth-order valence-corrected chi connectivity index (χ4v) is 2.31. The monoisotopic (exact) mass is 375 g/mol. The number of alkyl halides is 6. The lowest BCUT2D eigenvalue weighted by Gasteiger charge is -2.30. The van der Waals surface area contributed by atoms with Crippen LogP contribution in [0.25, 0.3) is 0 Å². The smallest absolute Gasteiger partial charge is 0.344 e. The molecule has 0 saturated heterocycles. The van der Waals surface area contributed by atoms with E-state index in [9.17, 15) is 34.8 Å². The van der Waals surface area contributed by atoms with Crippen LogP contribution in [-0.4, -0.2) is 30.1 Å². The van der Waals surface area contributed by atoms with Crippen LogP contribution in [0, 0.1) is 0 Å². The van der Waals surface area contributed by atoms with E-state index in [0.29, 0.717) is 6.42 Å². The molecule has 0 bridgehead atoms. The first-order valence-corrected chi connectivity index (χ1v) is 8.35. The molecule has 23 heavy (non-hydrogen) atoms. The quantitative estimate of drug-likeness (QED) is 0.301. The molecular weight excluding hydrogens is 352 g/mol. The Balaban J connectivity index is 0. The maximum absolute atomic E-state index is 13.3. The summed E-state index contributed by atoms with van der Waals surface area (Å²) >= 11 is 0. The van der Waals surface area contributed by atoms with E-state index in [4.69, 9.17) is 4.55 Å². The molecule has 142 valence electrons. The summed E-state index contributed by atoms with van der Waals surface area (Å²) < 4.78 is 107. The molecule has 0 fully saturated rings. The van der Waals surface area contributed by atoms with Crippen molar-refractivity contribution >= 4 is 10.1 Å². The van der Waals surface area contributed by atoms with Crippen LogP contribution in [0.2, 0.25) is 0 Å². The van der Waals surface area contributed by atoms with Crippen molar-refractivity contribution in [3.05, 3.63) is 0 Å². The van der Waals surface area contributed by atoms with Gasteiger partial charge in [-0.05, 0) is 6.42 Å². The highest BCUT2D eigenvalue weighted by Gasteiger charge is 2.76. The zero-order valence-electron chi connectivity index (χ0n) is 12.8. The lowest BCUT2D eigenvalue weighted by Crippen LogP contribution is -2.57. The largest absolute Gasteiger partial charge is 0.437 e. The maximum Gasteiger partial charge on any atom is 0.437 e. The van der Waals surface area contributed by atoms with Gasteiger partial charge in [-0.1, -0.05) is 45.4 Å². The van der Waals surface area contributed by atoms with Crippen LogP contribution in [0.15, 0.2) is 0 Å². The van der Waals surface area contributed by atoms with Crippen LogP contribution in [0.5, 0.6) is 0 Å². The van der Waals surface area contributed by atoms with Gasteiger partial charge < -0.3 is 6.15 Å². The van der Waals surface area contributed by atoms with E-state index >= 15 is 0 Å². The molecule has 0 amide bonds. The van der Waals surface area contributed by atoms with Gasteiger partial charge in [-0.3, -0.25) is 4.55 Å². The van der Waals surface area contributed by atoms with E-state index in [1.807, 2.05) is 6.92 Å². The van der Waals surface area contributed by atoms with Gasteiger partial charge in [0.1, 0.15) is 0 Å². The van der Waals surface area contributed by atoms with Crippen molar-refractivity contribution in [3.63, 3.8) is 0 Å². The van der Waals surface area contributed by atoms with Gasteiger partial charge in [0.05, 0.1) is 0 Å². The highest BCUT2D eigenvalue weighted by molar-refractivity contribution is 7.87. The lowest BCUT2D eigenvalue weighted by molar-refractivity contribution is -0.282. The molecule has 0 aromatic heterocycles. The Kier molecular flexibility index (Phi) is 9.74. The van der Waals surface area contributed by atoms with Gasteiger partial charge in [-0.15, -0.1) is 0 Å². The van der Waals surface area contributed by atoms with Gasteiger partial charge in [0.2, 0.25) is 0 Å². The van der Waals surface area contributed by atoms with Gasteiger partial charge in [0.15, 0.2) is 0 Å². The third kappa shape index (κ3) is 6.11. The zero-order valence-corrected chi connectivity index (χ0v) is 13.6. The molecule has 0 atom stereocenters. The standard InChI is InChI=1S/C12H20F6O3S.H3N/c1-2-3-4-5-6-7-8-9-10(13,14)11(15,16)12(17,18)22(19,20)21;/h2-9H2,1H3,(H,19,20,21);1H3. The summed E-state index contributed by atoms with van der Waals surface area (Å²) in [5.74, 6) is -11.4. The summed E-state index contributed by atoms with van der Waals surface area (Å²) in [6.45, 7) is 1.97. The summed E-state index contributed by atoms with van der Waals surface area (Å²) in [7, 11) is -6.65. The Morgan fingerprint density at radius 2 is 1.22 bits per heavy atom. The minimum atomic E-state index is -6.65. The van der Waals surface area contributed by atoms with Crippen molar-refractivity contribution in [1.29, 1.82) is 0 Å². The number of rotatable bonds is 11. The Hall–Kier alpha value is -0.550. The van der Waals surface area contributed by atoms with Crippen LogP contribution in [-0.2, 0) is 10.1 Å². The molecule has 0 spiro atoms. The number of hydrogen-bond acceptors (Lipinski definition) is 3. The number of halogens is 6. The normalized spacial score (nSPS) is 13.7. The summed E-state index contributed by atoms with van der Waals surface area (Å²) in [6.07, 6.45) is 2.11. The minimum Gasteiger partial charge on any atom is -0.344 e. The highest BCUT2D eigenvalue weighted by Crippen LogP contribution is 2.50. The molecule has 0 aliphatic rings. The van der Waals surface area contributed by atoms with E-state index in [2.05, 4.69) is 0 Å². The summed E-state index contributed by atoms with van der Waals surface area (Å²) in [6, 6.07) is 0. The van der Waals surface area contributed by atoms with Crippen LogP contribution in [0.4, 0.5) is 26.3 Å². The molecule has 0 radical (unpaired) electrons. The Bertz CT molecular complexity index is 442. The molecule has 0 aliphatic heterocycles. The Labute approximate surface area is 132 Å². The molecule has 0 heterocycles. The molecule has 4 nitrogen and oxygen atoms in total. The molecule has 0 aliphatic carbocycles. The third-order valence-electron chi connectivity index (χ3n) is 3.24. The van der Waals surface area contributed by atoms with Crippen molar-refractivity contribution in [2.45, 2.75) is 75.4 Å². The van der Waals surface area contributed by atoms with E-state index in [1.54, 1.807) is 0 Å². The third-order valence-corrected chi connectivity index (χ3v) is 4.15. The van der Waals surface area contributed by atoms with Gasteiger partial charge in [-0.2, -0.15) is 34.8 Å². The molecule has 11 heteroatoms. The van der Waals surface area contributed by atoms with E-state index < -0.39 is 40.1 Å². The fourth-order valence-electron chi connectivity index (χ4n) is 1.84. The SMILES string of the molecule is CCCCCCCCCC(F)(F)C(F)(F)C(F)(F)S(=O)(=O)O.N. The fraction of sp³-hybridized carbons (Fsp3) is 1.00. The first kappa shape index (κ1) is 24.7. The molecular formula is C12H23F6NO3S. The predicted molar refractivity (Wildman–Crippen MR) is 74.0 cm³/mol. The Morgan fingerprint density at radius 1 is 0.826 bits per heavy atom. The number of unbranched alkanes of at least 4 members (excludes halogenated alkanes) is 6. The molecule has 0 unspecified atom stereocenters. The van der Waals surface area contributed by atoms with Crippen molar-refractivity contribution in [1.82, 2.24) is 6.15 Å². The van der Waals surface area contributed by atoms with Crippen LogP contribution in [0.3, 0.4) is 0 Å². The summed E-state index contributed by atoms with van der Waals surface area (Å²) in [5, 5.41) is -6.25. The maximum atomic E-state index is 13.3. The van der Waals surface area contributed by atoms with Crippen LogP contribution in [0.1, 0.15) is 58.3 Å². The first-order chi connectivity index (χ1) is 9.81. The van der Waals surface area contributed by atoms with Gasteiger partial charge >= 0.3 is 27.2 Å². The van der Waals surface area contributed by atoms with E-state index in [1.165, 1.54) is 0 Å². The number of hydrogen-bond donors (Lipinski definition) is 2. The van der Waals surface area contributed by atoms with Crippen LogP contribution < -0.4 is 6.15 Å². The average Bonchev–Trinajstić information content (AvgIpc) is 2.35. The zero-order chi connectivity index (χ0) is 17.7. The average molecular weight is 375 g/mol. The topological polar surface area (TPSA) is 89.4 Å². The summed E-state index contributed by atoms with van der Waals surface area (Å²) in [4.78, 5) is 0. The van der Waals surface area contributed by atoms with Gasteiger partial charge in [0, 0.05) is 6.42 Å². The second-order valence-corrected chi connectivity index (χ2v) is 6.60. The molecule has 0 aromatic rings. The second kappa shape index (κ2) is 9.07. The predicted octanol–water partition coefficient (Wildman–Crippen LogP) is 5.04. The Morgan fingerprint density at radius 3 is 1.61 bits per heavy atom. The molecule has 4 N–H and O–H groups in total. The van der Waals surface area contributed by atoms with Crippen molar-refractivity contribution in [2.24, 2.45) is 0 Å². The van der Waals surface area contributed by atoms with Crippen molar-refractivity contribution in [2.75, 3.05) is 0 Å². The molecule has 0 aromatic carbocycles. The van der Waals surface area contributed by atoms with Crippen molar-refractivity contribution < 1.29 is 39.3 Å². The van der Waals surface area contributed by atoms with Crippen molar-refractivity contribution in [3.8, 4) is 0 Å². The van der Waals surface area contributed by atoms with Gasteiger partial charge in [0.25, 0.3) is 0 Å². The van der Waals surface area contributed by atoms with E-state index in [-0.39, 0.29) is 12.6 Å². The molecule has 0 rings (SSSR count). The first-order valence-electron chi connectivity index (χ1n) is 6.91. The lowest BCUT2D eigenvalue weighted by atomic mass is 10.0. The highest BCUT2D eigenvalue weighted by atomic mass is 32.2. The van der Waals surface area contributed by atoms with Gasteiger partial charge in [-0.25, -0.2) is 0 Å². The minimum absolute atomic E-state index is 0. The van der Waals surface area contributed by atoms with E-state index in [0.717, 1.165) is 25.7 Å². The van der Waals surface area contributed by atoms with Crippen LogP contribution >= 0.6 is 0 Å².